The van der Waals surface area contributed by atoms with Crippen molar-refractivity contribution in [3.63, 3.8) is 0 Å². The molecule has 1 aromatic heterocycles. The van der Waals surface area contributed by atoms with Crippen molar-refractivity contribution in [2.24, 2.45) is 0 Å². The van der Waals surface area contributed by atoms with Gasteiger partial charge in [-0.3, -0.25) is 0 Å². The second kappa shape index (κ2) is 6.23. The summed E-state index contributed by atoms with van der Waals surface area (Å²) in [5.41, 5.74) is 0.950. The number of rotatable bonds is 5. The van der Waals surface area contributed by atoms with Gasteiger partial charge in [0.25, 0.3) is 0 Å². The molecular formula is C15H19N3O2. The zero-order chi connectivity index (χ0) is 14.5. The highest BCUT2D eigenvalue weighted by Crippen LogP contribution is 2.24. The lowest BCUT2D eigenvalue weighted by molar-refractivity contribution is 0.403. The molecular weight excluding hydrogens is 254 g/mol. The maximum Gasteiger partial charge on any atom is 0.157 e. The minimum absolute atomic E-state index is 0.0911. The molecule has 1 aromatic carbocycles. The first kappa shape index (κ1) is 14.1. The molecule has 0 aliphatic rings. The summed E-state index contributed by atoms with van der Waals surface area (Å²) in [5.74, 6) is 1.72. The second-order valence-electron chi connectivity index (χ2n) is 4.95. The number of anilines is 1. The number of nitrogens with zero attached hydrogens (tertiary/aromatic N) is 2. The molecule has 0 bridgehead atoms. The van der Waals surface area contributed by atoms with E-state index in [0.717, 1.165) is 23.6 Å². The topological polar surface area (TPSA) is 78.3 Å². The third-order valence-corrected chi connectivity index (χ3v) is 2.95. The largest absolute Gasteiger partial charge is 0.504 e. The summed E-state index contributed by atoms with van der Waals surface area (Å²) >= 11 is 0. The Morgan fingerprint density at radius 3 is 2.65 bits per heavy atom. The Hall–Kier alpha value is -2.30. The number of phenolic OH excluding ortho intramolecular Hbond substituents is 2. The molecule has 2 rings (SSSR count). The van der Waals surface area contributed by atoms with Gasteiger partial charge in [0.2, 0.25) is 0 Å². The van der Waals surface area contributed by atoms with Gasteiger partial charge in [0.1, 0.15) is 11.6 Å². The Labute approximate surface area is 118 Å². The highest BCUT2D eigenvalue weighted by molar-refractivity contribution is 5.41. The summed E-state index contributed by atoms with van der Waals surface area (Å²) in [6.45, 7) is 4.80. The molecule has 0 aliphatic carbocycles. The van der Waals surface area contributed by atoms with Gasteiger partial charge in [-0.2, -0.15) is 0 Å². The van der Waals surface area contributed by atoms with Crippen LogP contribution in [0.4, 0.5) is 5.82 Å². The van der Waals surface area contributed by atoms with Crippen LogP contribution >= 0.6 is 0 Å². The Balaban J connectivity index is 1.92. The van der Waals surface area contributed by atoms with E-state index in [1.54, 1.807) is 18.3 Å². The Morgan fingerprint density at radius 1 is 1.15 bits per heavy atom. The first-order valence-corrected chi connectivity index (χ1v) is 6.64. The highest BCUT2D eigenvalue weighted by atomic mass is 16.3. The van der Waals surface area contributed by atoms with Crippen LogP contribution in [-0.2, 0) is 6.42 Å². The molecule has 0 spiro atoms. The lowest BCUT2D eigenvalue weighted by Crippen LogP contribution is -2.08. The molecule has 0 atom stereocenters. The molecule has 20 heavy (non-hydrogen) atoms. The van der Waals surface area contributed by atoms with Gasteiger partial charge in [-0.1, -0.05) is 19.9 Å². The van der Waals surface area contributed by atoms with Crippen LogP contribution in [-0.4, -0.2) is 26.7 Å². The quantitative estimate of drug-likeness (QED) is 0.730. The molecule has 5 nitrogen and oxygen atoms in total. The minimum Gasteiger partial charge on any atom is -0.504 e. The van der Waals surface area contributed by atoms with Crippen molar-refractivity contribution >= 4 is 5.82 Å². The van der Waals surface area contributed by atoms with Gasteiger partial charge in [0.15, 0.2) is 11.5 Å². The third kappa shape index (κ3) is 3.60. The number of aromatic nitrogens is 2. The monoisotopic (exact) mass is 273 g/mol. The summed E-state index contributed by atoms with van der Waals surface area (Å²) in [7, 11) is 0. The molecule has 5 heteroatoms. The first-order chi connectivity index (χ1) is 9.56. The zero-order valence-electron chi connectivity index (χ0n) is 11.7. The van der Waals surface area contributed by atoms with E-state index < -0.39 is 0 Å². The fraction of sp³-hybridized carbons (Fsp3) is 0.333. The van der Waals surface area contributed by atoms with Gasteiger partial charge in [-0.05, 0) is 30.2 Å². The molecule has 3 N–H and O–H groups in total. The van der Waals surface area contributed by atoms with Crippen LogP contribution in [0.1, 0.15) is 31.2 Å². The van der Waals surface area contributed by atoms with Crippen LogP contribution < -0.4 is 5.32 Å². The van der Waals surface area contributed by atoms with E-state index >= 15 is 0 Å². The molecule has 2 aromatic rings. The van der Waals surface area contributed by atoms with Crippen LogP contribution in [0.3, 0.4) is 0 Å². The zero-order valence-corrected chi connectivity index (χ0v) is 11.7. The predicted octanol–water partition coefficient (Wildman–Crippen LogP) is 2.67. The molecule has 0 unspecified atom stereocenters. The van der Waals surface area contributed by atoms with Crippen LogP contribution in [0, 0.1) is 0 Å². The Bertz CT molecular complexity index is 585. The fourth-order valence-electron chi connectivity index (χ4n) is 1.81. The summed E-state index contributed by atoms with van der Waals surface area (Å²) in [4.78, 5) is 8.64. The van der Waals surface area contributed by atoms with Crippen LogP contribution in [0.25, 0.3) is 0 Å². The van der Waals surface area contributed by atoms with E-state index in [4.69, 9.17) is 0 Å². The molecule has 106 valence electrons. The fourth-order valence-corrected chi connectivity index (χ4v) is 1.81. The highest BCUT2D eigenvalue weighted by Gasteiger charge is 2.04. The molecule has 0 saturated carbocycles. The number of hydrogen-bond donors (Lipinski definition) is 3. The van der Waals surface area contributed by atoms with Crippen molar-refractivity contribution in [3.05, 3.63) is 41.9 Å². The predicted molar refractivity (Wildman–Crippen MR) is 78.1 cm³/mol. The molecule has 0 aliphatic heterocycles. The van der Waals surface area contributed by atoms with E-state index in [1.165, 1.54) is 6.07 Å². The molecule has 0 fully saturated rings. The van der Waals surface area contributed by atoms with E-state index in [2.05, 4.69) is 29.1 Å². The van der Waals surface area contributed by atoms with E-state index in [0.29, 0.717) is 12.5 Å². The normalized spacial score (nSPS) is 10.8. The van der Waals surface area contributed by atoms with Crippen molar-refractivity contribution in [1.29, 1.82) is 0 Å². The lowest BCUT2D eigenvalue weighted by atomic mass is 10.1. The average molecular weight is 273 g/mol. The Morgan fingerprint density at radius 2 is 1.95 bits per heavy atom. The minimum atomic E-state index is -0.0981. The molecule has 0 saturated heterocycles. The lowest BCUT2D eigenvalue weighted by Gasteiger charge is -2.09. The summed E-state index contributed by atoms with van der Waals surface area (Å²) in [5, 5.41) is 21.9. The maximum absolute atomic E-state index is 9.42. The number of aromatic hydroxyl groups is 2. The maximum atomic E-state index is 9.42. The van der Waals surface area contributed by atoms with Gasteiger partial charge in [0, 0.05) is 18.7 Å². The Kier molecular flexibility index (Phi) is 4.40. The van der Waals surface area contributed by atoms with Crippen molar-refractivity contribution in [1.82, 2.24) is 9.97 Å². The van der Waals surface area contributed by atoms with Gasteiger partial charge < -0.3 is 15.5 Å². The van der Waals surface area contributed by atoms with Crippen LogP contribution in [0.2, 0.25) is 0 Å². The summed E-state index contributed by atoms with van der Waals surface area (Å²) < 4.78 is 0. The van der Waals surface area contributed by atoms with Crippen molar-refractivity contribution in [2.45, 2.75) is 26.2 Å². The number of nitrogens with one attached hydrogen (secondary N) is 1. The van der Waals surface area contributed by atoms with Crippen LogP contribution in [0.5, 0.6) is 11.5 Å². The van der Waals surface area contributed by atoms with E-state index in [9.17, 15) is 10.2 Å². The van der Waals surface area contributed by atoms with Gasteiger partial charge >= 0.3 is 0 Å². The standard InChI is InChI=1S/C15H19N3O2/c1-10(2)15-17-8-6-14(18-15)16-7-5-11-3-4-12(19)13(20)9-11/h3-4,6,8-10,19-20H,5,7H2,1-2H3,(H,16,17,18). The van der Waals surface area contributed by atoms with Crippen molar-refractivity contribution < 1.29 is 10.2 Å². The average Bonchev–Trinajstić information content (AvgIpc) is 2.43. The van der Waals surface area contributed by atoms with Gasteiger partial charge in [0.05, 0.1) is 0 Å². The van der Waals surface area contributed by atoms with Crippen LogP contribution in [0.15, 0.2) is 30.5 Å². The molecule has 1 heterocycles. The molecule has 0 amide bonds. The van der Waals surface area contributed by atoms with Gasteiger partial charge in [-0.25, -0.2) is 9.97 Å². The third-order valence-electron chi connectivity index (χ3n) is 2.95. The number of hydrogen-bond acceptors (Lipinski definition) is 5. The number of phenols is 2. The summed E-state index contributed by atoms with van der Waals surface area (Å²) in [6, 6.07) is 6.68. The van der Waals surface area contributed by atoms with Crippen molar-refractivity contribution in [2.75, 3.05) is 11.9 Å². The first-order valence-electron chi connectivity index (χ1n) is 6.64. The van der Waals surface area contributed by atoms with Gasteiger partial charge in [-0.15, -0.1) is 0 Å². The molecule has 0 radical (unpaired) electrons. The SMILES string of the molecule is CC(C)c1nccc(NCCc2ccc(O)c(O)c2)n1. The second-order valence-corrected chi connectivity index (χ2v) is 4.95. The van der Waals surface area contributed by atoms with Crippen molar-refractivity contribution in [3.8, 4) is 11.5 Å². The van der Waals surface area contributed by atoms with E-state index in [-0.39, 0.29) is 11.5 Å². The number of benzene rings is 1. The summed E-state index contributed by atoms with van der Waals surface area (Å²) in [6.07, 6.45) is 2.48. The smallest absolute Gasteiger partial charge is 0.157 e. The van der Waals surface area contributed by atoms with E-state index in [1.807, 2.05) is 6.07 Å².